The molecule has 2 fully saturated rings. The molecule has 2 aromatic heterocycles. The van der Waals surface area contributed by atoms with E-state index in [-0.39, 0.29) is 28.8 Å². The van der Waals surface area contributed by atoms with Gasteiger partial charge in [0, 0.05) is 19.3 Å². The fourth-order valence-corrected chi connectivity index (χ4v) is 3.90. The van der Waals surface area contributed by atoms with Crippen LogP contribution in [-0.4, -0.2) is 39.9 Å². The highest BCUT2D eigenvalue weighted by atomic mass is 16.5. The normalized spacial score (nSPS) is 19.1. The second-order valence-corrected chi connectivity index (χ2v) is 9.24. The van der Waals surface area contributed by atoms with Gasteiger partial charge < -0.3 is 15.2 Å². The van der Waals surface area contributed by atoms with Crippen molar-refractivity contribution in [2.24, 2.45) is 11.3 Å². The van der Waals surface area contributed by atoms with Crippen LogP contribution in [0, 0.1) is 11.3 Å². The molecule has 8 nitrogen and oxygen atoms in total. The van der Waals surface area contributed by atoms with Crippen molar-refractivity contribution in [3.05, 3.63) is 33.8 Å². The van der Waals surface area contributed by atoms with E-state index in [2.05, 4.69) is 23.4 Å². The van der Waals surface area contributed by atoms with Gasteiger partial charge >= 0.3 is 17.1 Å². The van der Waals surface area contributed by atoms with E-state index in [0.717, 1.165) is 44.5 Å². The number of ether oxygens (including phenoxy) is 1. The number of amides is 1. The standard InChI is InChI=1S/C22H30N4O4/c1-14(2)13-25-19-15(6-7-22(3)8-10-30-11-9-22)12-23-26(19)21(29)17(20(25)28)18(27)24-16-4-5-16/h6-7,12,14,16H,4-5,8-11,13H2,1-3H3,(H2,24,27,28,29)/p+1/b7-6+. The van der Waals surface area contributed by atoms with Crippen LogP contribution in [0.3, 0.4) is 0 Å². The molecule has 0 spiro atoms. The monoisotopic (exact) mass is 415 g/mol. The lowest BCUT2D eigenvalue weighted by Crippen LogP contribution is -2.46. The number of aromatic hydroxyl groups is 1. The molecule has 0 unspecified atom stereocenters. The van der Waals surface area contributed by atoms with E-state index in [9.17, 15) is 14.7 Å². The lowest BCUT2D eigenvalue weighted by molar-refractivity contribution is -0.686. The molecule has 0 bridgehead atoms. The van der Waals surface area contributed by atoms with Crippen LogP contribution in [0.5, 0.6) is 5.88 Å². The molecule has 1 saturated carbocycles. The lowest BCUT2D eigenvalue weighted by atomic mass is 9.82. The minimum Gasteiger partial charge on any atom is -0.477 e. The van der Waals surface area contributed by atoms with Gasteiger partial charge in [-0.15, -0.1) is 0 Å². The highest BCUT2D eigenvalue weighted by Gasteiger charge is 2.34. The Morgan fingerprint density at radius 3 is 2.77 bits per heavy atom. The Labute approximate surface area is 175 Å². The first kappa shape index (κ1) is 20.7. The topological polar surface area (TPSA) is 99.7 Å². The second-order valence-electron chi connectivity index (χ2n) is 9.24. The molecule has 2 aliphatic rings. The van der Waals surface area contributed by atoms with Gasteiger partial charge in [0.2, 0.25) is 5.56 Å². The maximum absolute atomic E-state index is 13.1. The molecule has 1 amide bonds. The van der Waals surface area contributed by atoms with Crippen molar-refractivity contribution in [3.8, 4) is 5.88 Å². The second kappa shape index (κ2) is 7.91. The highest BCUT2D eigenvalue weighted by Crippen LogP contribution is 2.32. The maximum atomic E-state index is 13.1. The Balaban J connectivity index is 1.81. The number of carbonyl (C=O) groups excluding carboxylic acids is 1. The molecule has 2 aromatic rings. The fourth-order valence-electron chi connectivity index (χ4n) is 3.90. The number of aromatic nitrogens is 3. The quantitative estimate of drug-likeness (QED) is 0.629. The molecule has 0 atom stereocenters. The van der Waals surface area contributed by atoms with Crippen molar-refractivity contribution < 1.29 is 19.2 Å². The number of rotatable bonds is 6. The molecule has 0 aromatic carbocycles. The zero-order chi connectivity index (χ0) is 21.5. The fraction of sp³-hybridized carbons (Fsp3) is 0.591. The van der Waals surface area contributed by atoms with Crippen LogP contribution in [0.1, 0.15) is 62.4 Å². The number of H-pyrrole nitrogens is 1. The number of nitrogens with one attached hydrogen (secondary N) is 2. The van der Waals surface area contributed by atoms with Gasteiger partial charge in [0.15, 0.2) is 0 Å². The van der Waals surface area contributed by atoms with E-state index in [1.54, 1.807) is 10.8 Å². The van der Waals surface area contributed by atoms with Crippen molar-refractivity contribution in [3.63, 3.8) is 0 Å². The molecule has 3 N–H and O–H groups in total. The minimum absolute atomic E-state index is 0.0296. The van der Waals surface area contributed by atoms with E-state index >= 15 is 0 Å². The highest BCUT2D eigenvalue weighted by molar-refractivity contribution is 5.96. The third-order valence-corrected chi connectivity index (χ3v) is 5.96. The molecule has 1 aliphatic carbocycles. The van der Waals surface area contributed by atoms with Crippen molar-refractivity contribution in [2.75, 3.05) is 13.2 Å². The van der Waals surface area contributed by atoms with E-state index in [0.29, 0.717) is 12.2 Å². The van der Waals surface area contributed by atoms with Gasteiger partial charge in [-0.25, -0.2) is 9.89 Å². The predicted molar refractivity (Wildman–Crippen MR) is 112 cm³/mol. The Morgan fingerprint density at radius 1 is 1.43 bits per heavy atom. The molecule has 3 heterocycles. The number of fused-ring (bicyclic) bond motifs is 1. The Bertz CT molecular complexity index is 1040. The Hall–Kier alpha value is -2.61. The molecule has 30 heavy (non-hydrogen) atoms. The Morgan fingerprint density at radius 2 is 2.13 bits per heavy atom. The molecule has 1 aliphatic heterocycles. The number of nitrogens with zero attached hydrogens (tertiary/aromatic N) is 2. The molecule has 1 saturated heterocycles. The van der Waals surface area contributed by atoms with E-state index in [1.165, 1.54) is 4.52 Å². The summed E-state index contributed by atoms with van der Waals surface area (Å²) in [4.78, 5) is 25.7. The summed E-state index contributed by atoms with van der Waals surface area (Å²) in [6, 6.07) is 0.0953. The first-order valence-electron chi connectivity index (χ1n) is 10.8. The average molecular weight is 416 g/mol. The number of allylic oxidation sites excluding steroid dienone is 1. The van der Waals surface area contributed by atoms with Gasteiger partial charge in [-0.2, -0.15) is 4.57 Å². The molecular weight excluding hydrogens is 384 g/mol. The summed E-state index contributed by atoms with van der Waals surface area (Å²) in [5, 5.41) is 16.8. The summed E-state index contributed by atoms with van der Waals surface area (Å²) in [5.74, 6) is -0.590. The van der Waals surface area contributed by atoms with Crippen LogP contribution in [0.2, 0.25) is 0 Å². The van der Waals surface area contributed by atoms with Crippen LogP contribution in [-0.2, 0) is 11.3 Å². The van der Waals surface area contributed by atoms with Crippen LogP contribution in [0.4, 0.5) is 0 Å². The molecule has 4 rings (SSSR count). The summed E-state index contributed by atoms with van der Waals surface area (Å²) in [7, 11) is 0. The summed E-state index contributed by atoms with van der Waals surface area (Å²) in [6.45, 7) is 8.21. The third-order valence-electron chi connectivity index (χ3n) is 5.96. The van der Waals surface area contributed by atoms with Crippen LogP contribution >= 0.6 is 0 Å². The number of carbonyl (C=O) groups is 1. The van der Waals surface area contributed by atoms with Gasteiger partial charge in [-0.05, 0) is 43.1 Å². The largest absolute Gasteiger partial charge is 0.477 e. The average Bonchev–Trinajstić information content (AvgIpc) is 3.39. The zero-order valence-electron chi connectivity index (χ0n) is 17.9. The van der Waals surface area contributed by atoms with Gasteiger partial charge in [0.25, 0.3) is 5.91 Å². The molecular formula is C22H31N4O4+. The minimum atomic E-state index is -0.544. The maximum Gasteiger partial charge on any atom is 0.378 e. The van der Waals surface area contributed by atoms with Crippen molar-refractivity contribution in [1.82, 2.24) is 14.9 Å². The summed E-state index contributed by atoms with van der Waals surface area (Å²) < 4.78 is 8.49. The first-order valence-corrected chi connectivity index (χ1v) is 10.8. The Kier molecular flexibility index (Phi) is 5.44. The van der Waals surface area contributed by atoms with E-state index in [1.807, 2.05) is 19.9 Å². The molecule has 0 radical (unpaired) electrons. The summed E-state index contributed by atoms with van der Waals surface area (Å²) >= 11 is 0. The lowest BCUT2D eigenvalue weighted by Gasteiger charge is -2.30. The predicted octanol–water partition coefficient (Wildman–Crippen LogP) is 2.00. The smallest absolute Gasteiger partial charge is 0.378 e. The van der Waals surface area contributed by atoms with Gasteiger partial charge in [-0.1, -0.05) is 31.4 Å². The van der Waals surface area contributed by atoms with Crippen molar-refractivity contribution in [2.45, 2.75) is 59.0 Å². The number of hydrogen-bond acceptors (Lipinski definition) is 4. The van der Waals surface area contributed by atoms with Crippen LogP contribution < -0.4 is 15.4 Å². The van der Waals surface area contributed by atoms with E-state index in [4.69, 9.17) is 4.74 Å². The SMILES string of the molecule is CC(C)C[n+]1c(O)c(C(=O)NC2CC2)c(=O)n2[nH]cc(/C=C/C3(C)CCOCC3)c21. The van der Waals surface area contributed by atoms with Crippen LogP contribution in [0.25, 0.3) is 11.7 Å². The zero-order valence-corrected chi connectivity index (χ0v) is 17.9. The number of aromatic amines is 1. The van der Waals surface area contributed by atoms with E-state index < -0.39 is 11.5 Å². The van der Waals surface area contributed by atoms with Crippen molar-refractivity contribution >= 4 is 17.6 Å². The van der Waals surface area contributed by atoms with Crippen molar-refractivity contribution in [1.29, 1.82) is 0 Å². The molecule has 162 valence electrons. The van der Waals surface area contributed by atoms with Gasteiger partial charge in [0.05, 0.1) is 18.3 Å². The van der Waals surface area contributed by atoms with Gasteiger partial charge in [0.1, 0.15) is 0 Å². The number of hydrogen-bond donors (Lipinski definition) is 3. The summed E-state index contributed by atoms with van der Waals surface area (Å²) in [6.07, 6.45) is 9.59. The molecule has 8 heteroatoms. The summed E-state index contributed by atoms with van der Waals surface area (Å²) in [5.41, 5.74) is 0.624. The van der Waals surface area contributed by atoms with Gasteiger partial charge in [-0.3, -0.25) is 4.79 Å². The van der Waals surface area contributed by atoms with Crippen LogP contribution in [0.15, 0.2) is 17.1 Å². The third kappa shape index (κ3) is 4.01. The first-order chi connectivity index (χ1) is 14.3.